The third-order valence-electron chi connectivity index (χ3n) is 6.28. The number of hydrogen-bond donors (Lipinski definition) is 2. The average molecular weight is 573 g/mol. The van der Waals surface area contributed by atoms with E-state index in [2.05, 4.69) is 10.3 Å². The van der Waals surface area contributed by atoms with Crippen LogP contribution >= 0.6 is 0 Å². The Bertz CT molecular complexity index is 1420. The average Bonchev–Trinajstić information content (AvgIpc) is 3.62. The van der Waals surface area contributed by atoms with Gasteiger partial charge in [-0.15, -0.1) is 0 Å². The quantitative estimate of drug-likeness (QED) is 0.368. The van der Waals surface area contributed by atoms with Crippen molar-refractivity contribution in [3.05, 3.63) is 100 Å². The number of amides is 1. The molecule has 2 aromatic carbocycles. The van der Waals surface area contributed by atoms with Crippen molar-refractivity contribution in [3.8, 4) is 11.1 Å². The molecule has 2 aliphatic rings. The fraction of sp³-hybridized carbons (Fsp3) is 0.333. The summed E-state index contributed by atoms with van der Waals surface area (Å²) in [6.45, 7) is 3.37. The molecule has 212 valence electrons. The normalized spacial score (nSPS) is 17.2. The number of benzene rings is 2. The Labute approximate surface area is 233 Å². The Morgan fingerprint density at radius 1 is 1.07 bits per heavy atom. The second-order valence-electron chi connectivity index (χ2n) is 10.2. The summed E-state index contributed by atoms with van der Waals surface area (Å²) in [5, 5.41) is 14.7. The van der Waals surface area contributed by atoms with E-state index < -0.39 is 45.9 Å². The van der Waals surface area contributed by atoms with Gasteiger partial charge in [0.2, 0.25) is 0 Å². The van der Waals surface area contributed by atoms with E-state index in [0.29, 0.717) is 16.8 Å². The monoisotopic (exact) mass is 572 g/mol. The number of nitrogens with zero attached hydrogens (tertiary/aromatic N) is 1. The molecule has 1 aliphatic carbocycles. The van der Waals surface area contributed by atoms with Gasteiger partial charge in [-0.3, -0.25) is 14.0 Å². The highest BCUT2D eigenvalue weighted by molar-refractivity contribution is 7.88. The van der Waals surface area contributed by atoms with Crippen molar-refractivity contribution in [2.24, 2.45) is 0 Å². The van der Waals surface area contributed by atoms with E-state index in [9.17, 15) is 22.9 Å². The van der Waals surface area contributed by atoms with E-state index in [1.54, 1.807) is 43.7 Å². The number of carbonyl (C=O) groups excluding carboxylic acids is 1. The van der Waals surface area contributed by atoms with Crippen molar-refractivity contribution in [3.63, 3.8) is 0 Å². The highest BCUT2D eigenvalue weighted by Crippen LogP contribution is 2.34. The molecular formula is C30H31F3N2O4S. The summed E-state index contributed by atoms with van der Waals surface area (Å²) in [5.74, 6) is -2.36. The zero-order chi connectivity index (χ0) is 28.9. The predicted molar refractivity (Wildman–Crippen MR) is 147 cm³/mol. The van der Waals surface area contributed by atoms with Crippen LogP contribution in [0.5, 0.6) is 0 Å². The van der Waals surface area contributed by atoms with Crippen LogP contribution in [0.2, 0.25) is 0 Å². The summed E-state index contributed by atoms with van der Waals surface area (Å²) >= 11 is 0. The van der Waals surface area contributed by atoms with Gasteiger partial charge in [-0.1, -0.05) is 24.3 Å². The van der Waals surface area contributed by atoms with Gasteiger partial charge in [0, 0.05) is 34.9 Å². The maximum atomic E-state index is 15.1. The topological polar surface area (TPSA) is 88.5 Å². The summed E-state index contributed by atoms with van der Waals surface area (Å²) in [7, 11) is -0.603. The number of ether oxygens (including phenoxy) is 1. The summed E-state index contributed by atoms with van der Waals surface area (Å²) < 4.78 is 58.0. The van der Waals surface area contributed by atoms with Crippen LogP contribution in [0.1, 0.15) is 56.0 Å². The molecular weight excluding hydrogens is 541 g/mol. The third kappa shape index (κ3) is 8.09. The number of allylic oxidation sites excluding steroid dienone is 1. The van der Waals surface area contributed by atoms with E-state index in [1.165, 1.54) is 18.2 Å². The van der Waals surface area contributed by atoms with Gasteiger partial charge >= 0.3 is 0 Å². The van der Waals surface area contributed by atoms with Crippen molar-refractivity contribution in [2.75, 3.05) is 5.75 Å². The minimum Gasteiger partial charge on any atom is -0.384 e. The van der Waals surface area contributed by atoms with E-state index in [-0.39, 0.29) is 18.2 Å². The van der Waals surface area contributed by atoms with Gasteiger partial charge in [0.25, 0.3) is 5.91 Å². The molecule has 0 spiro atoms. The van der Waals surface area contributed by atoms with Crippen molar-refractivity contribution < 1.29 is 32.0 Å². The molecule has 0 radical (unpaired) electrons. The lowest BCUT2D eigenvalue weighted by atomic mass is 10.00. The standard InChI is InChI=1S/C26H25F3N2O3.C4H6OS/c1-26(2,33)23-11-15(9-10-30-23)14-31-25(32)24(34-18-5-6-18)19-7-3-16(12-21(19)28)17-4-8-20(27)22(29)13-17;5-6-3-1-2-4-6/h3-4,7-13,18,24,33H,5-6,14H2,1-2H3,(H,31,32);1,3H,2,4H2. The van der Waals surface area contributed by atoms with Gasteiger partial charge in [-0.25, -0.2) is 13.2 Å². The predicted octanol–water partition coefficient (Wildman–Crippen LogP) is 5.58. The Morgan fingerprint density at radius 3 is 2.33 bits per heavy atom. The molecule has 40 heavy (non-hydrogen) atoms. The first kappa shape index (κ1) is 29.6. The number of aromatic nitrogens is 1. The number of aliphatic hydroxyl groups is 1. The summed E-state index contributed by atoms with van der Waals surface area (Å²) in [6, 6.07) is 10.9. The Balaban J connectivity index is 0.000000546. The molecule has 1 aromatic heterocycles. The largest absolute Gasteiger partial charge is 0.384 e. The van der Waals surface area contributed by atoms with Gasteiger partial charge < -0.3 is 15.2 Å². The van der Waals surface area contributed by atoms with Crippen LogP contribution in [0.25, 0.3) is 11.1 Å². The zero-order valence-electron chi connectivity index (χ0n) is 22.2. The van der Waals surface area contributed by atoms with Crippen LogP contribution in [-0.4, -0.2) is 32.1 Å². The van der Waals surface area contributed by atoms with Crippen molar-refractivity contribution >= 4 is 16.7 Å². The first-order chi connectivity index (χ1) is 19.0. The number of nitrogens with one attached hydrogen (secondary N) is 1. The molecule has 2 heterocycles. The van der Waals surface area contributed by atoms with E-state index in [0.717, 1.165) is 42.7 Å². The lowest BCUT2D eigenvalue weighted by Gasteiger charge is -2.20. The van der Waals surface area contributed by atoms with Crippen molar-refractivity contribution in [1.29, 1.82) is 0 Å². The molecule has 1 saturated carbocycles. The fourth-order valence-electron chi connectivity index (χ4n) is 3.90. The number of carbonyl (C=O) groups is 1. The molecule has 1 amide bonds. The Kier molecular flexibility index (Phi) is 9.55. The summed E-state index contributed by atoms with van der Waals surface area (Å²) in [5.41, 5.74) is 0.775. The molecule has 2 unspecified atom stereocenters. The number of halogens is 3. The molecule has 1 fully saturated rings. The van der Waals surface area contributed by atoms with Gasteiger partial charge in [0.05, 0.1) is 11.8 Å². The molecule has 5 rings (SSSR count). The summed E-state index contributed by atoms with van der Waals surface area (Å²) in [4.78, 5) is 17.1. The number of pyridine rings is 1. The molecule has 10 heteroatoms. The molecule has 3 aromatic rings. The van der Waals surface area contributed by atoms with Gasteiger partial charge in [0.1, 0.15) is 11.4 Å². The lowest BCUT2D eigenvalue weighted by molar-refractivity contribution is -0.134. The maximum absolute atomic E-state index is 15.1. The van der Waals surface area contributed by atoms with Gasteiger partial charge in [-0.05, 0) is 85.5 Å². The molecule has 0 saturated heterocycles. The van der Waals surface area contributed by atoms with Crippen molar-refractivity contribution in [2.45, 2.75) is 57.5 Å². The summed E-state index contributed by atoms with van der Waals surface area (Å²) in [6.07, 6.45) is 4.80. The van der Waals surface area contributed by atoms with Crippen LogP contribution in [0.4, 0.5) is 13.2 Å². The molecule has 6 nitrogen and oxygen atoms in total. The zero-order valence-corrected chi connectivity index (χ0v) is 23.0. The maximum Gasteiger partial charge on any atom is 0.254 e. The third-order valence-corrected chi connectivity index (χ3v) is 7.41. The van der Waals surface area contributed by atoms with E-state index >= 15 is 4.39 Å². The molecule has 2 atom stereocenters. The lowest BCUT2D eigenvalue weighted by Crippen LogP contribution is -2.31. The van der Waals surface area contributed by atoms with Crippen LogP contribution < -0.4 is 5.32 Å². The van der Waals surface area contributed by atoms with Crippen LogP contribution in [0.3, 0.4) is 0 Å². The second-order valence-corrected chi connectivity index (χ2v) is 11.6. The van der Waals surface area contributed by atoms with E-state index in [1.807, 2.05) is 6.08 Å². The number of hydrogen-bond acceptors (Lipinski definition) is 5. The van der Waals surface area contributed by atoms with Gasteiger partial charge in [0.15, 0.2) is 17.7 Å². The van der Waals surface area contributed by atoms with Crippen LogP contribution in [0.15, 0.2) is 66.2 Å². The molecule has 0 bridgehead atoms. The Hall–Kier alpha value is -3.34. The molecule has 1 aliphatic heterocycles. The highest BCUT2D eigenvalue weighted by atomic mass is 32.2. The van der Waals surface area contributed by atoms with E-state index in [4.69, 9.17) is 4.74 Å². The number of rotatable bonds is 8. The van der Waals surface area contributed by atoms with Crippen LogP contribution in [-0.2, 0) is 32.5 Å². The second kappa shape index (κ2) is 12.9. The fourth-order valence-corrected chi connectivity index (χ4v) is 4.75. The first-order valence-corrected chi connectivity index (χ1v) is 14.3. The SMILES string of the molecule is CC(C)(O)c1cc(CNC(=O)C(OC2CC2)c2ccc(-c3ccc(F)c(F)c3)cc2F)ccn1.O=S1C=CCC1. The van der Waals surface area contributed by atoms with Gasteiger partial charge in [-0.2, -0.15) is 0 Å². The van der Waals surface area contributed by atoms with Crippen LogP contribution in [0, 0.1) is 17.5 Å². The van der Waals surface area contributed by atoms with Crippen molar-refractivity contribution in [1.82, 2.24) is 10.3 Å². The highest BCUT2D eigenvalue weighted by Gasteiger charge is 2.33. The minimum atomic E-state index is -1.16. The Morgan fingerprint density at radius 2 is 1.77 bits per heavy atom. The first-order valence-electron chi connectivity index (χ1n) is 12.9. The minimum absolute atomic E-state index is 0.0580. The molecule has 2 N–H and O–H groups in total. The smallest absolute Gasteiger partial charge is 0.254 e.